The number of fused-ring (bicyclic) bond motifs is 1. The van der Waals surface area contributed by atoms with Crippen molar-refractivity contribution in [2.45, 2.75) is 32.5 Å². The zero-order valence-corrected chi connectivity index (χ0v) is 15.4. The fraction of sp³-hybridized carbons (Fsp3) is 0.312. The van der Waals surface area contributed by atoms with Crippen molar-refractivity contribution in [3.8, 4) is 0 Å². The first-order valence-corrected chi connectivity index (χ1v) is 8.59. The van der Waals surface area contributed by atoms with E-state index in [1.807, 2.05) is 19.1 Å². The first-order valence-electron chi connectivity index (χ1n) is 6.98. The number of amides is 1. The van der Waals surface area contributed by atoms with Crippen LogP contribution in [0.3, 0.4) is 0 Å². The van der Waals surface area contributed by atoms with Gasteiger partial charge in [-0.15, -0.1) is 23.7 Å². The van der Waals surface area contributed by atoms with E-state index in [2.05, 4.69) is 44.8 Å². The quantitative estimate of drug-likeness (QED) is 0.814. The lowest BCUT2D eigenvalue weighted by molar-refractivity contribution is -0.122. The predicted molar refractivity (Wildman–Crippen MR) is 96.5 cm³/mol. The van der Waals surface area contributed by atoms with Crippen molar-refractivity contribution in [3.05, 3.63) is 55.7 Å². The van der Waals surface area contributed by atoms with Crippen LogP contribution < -0.4 is 10.6 Å². The van der Waals surface area contributed by atoms with Crippen molar-refractivity contribution < 1.29 is 4.79 Å². The van der Waals surface area contributed by atoms with Crippen molar-refractivity contribution >= 4 is 45.6 Å². The Labute approximate surface area is 149 Å². The third-order valence-corrected chi connectivity index (χ3v) is 5.59. The minimum atomic E-state index is -0.114. The van der Waals surface area contributed by atoms with Gasteiger partial charge >= 0.3 is 0 Å². The minimum Gasteiger partial charge on any atom is -0.351 e. The van der Waals surface area contributed by atoms with Gasteiger partial charge in [0.15, 0.2) is 0 Å². The monoisotopic (exact) mass is 400 g/mol. The van der Waals surface area contributed by atoms with Crippen LogP contribution in [-0.2, 0) is 24.4 Å². The maximum atomic E-state index is 12.2. The molecule has 1 amide bonds. The lowest BCUT2D eigenvalue weighted by atomic mass is 10.1. The van der Waals surface area contributed by atoms with Crippen LogP contribution in [-0.4, -0.2) is 5.91 Å². The Morgan fingerprint density at radius 3 is 2.82 bits per heavy atom. The minimum absolute atomic E-state index is 0. The van der Waals surface area contributed by atoms with Crippen molar-refractivity contribution in [3.63, 3.8) is 0 Å². The summed E-state index contributed by atoms with van der Waals surface area (Å²) in [7, 11) is 0. The van der Waals surface area contributed by atoms with Crippen LogP contribution in [0.4, 0.5) is 0 Å². The molecular weight excluding hydrogens is 384 g/mol. The molecule has 118 valence electrons. The number of rotatable bonds is 4. The second-order valence-corrected chi connectivity index (χ2v) is 7.78. The molecule has 2 aromatic rings. The van der Waals surface area contributed by atoms with Crippen LogP contribution >= 0.6 is 39.7 Å². The third-order valence-electron chi connectivity index (χ3n) is 3.78. The molecule has 22 heavy (non-hydrogen) atoms. The van der Waals surface area contributed by atoms with E-state index in [1.165, 1.54) is 11.1 Å². The molecule has 6 heteroatoms. The number of carbonyl (C=O) groups is 1. The Morgan fingerprint density at radius 1 is 1.32 bits per heavy atom. The van der Waals surface area contributed by atoms with Crippen LogP contribution in [0, 0.1) is 0 Å². The number of thiophene rings is 1. The van der Waals surface area contributed by atoms with E-state index in [0.29, 0.717) is 6.54 Å². The Balaban J connectivity index is 0.00000176. The van der Waals surface area contributed by atoms with Gasteiger partial charge in [-0.3, -0.25) is 4.79 Å². The van der Waals surface area contributed by atoms with E-state index in [-0.39, 0.29) is 24.2 Å². The molecule has 3 nitrogen and oxygen atoms in total. The molecule has 3 rings (SSSR count). The molecule has 0 spiro atoms. The molecule has 2 N–H and O–H groups in total. The van der Waals surface area contributed by atoms with Gasteiger partial charge in [0, 0.05) is 24.5 Å². The summed E-state index contributed by atoms with van der Waals surface area (Å²) in [6.45, 7) is 4.41. The highest BCUT2D eigenvalue weighted by atomic mass is 79.9. The van der Waals surface area contributed by atoms with Crippen LogP contribution in [0.1, 0.15) is 34.4 Å². The van der Waals surface area contributed by atoms with Crippen molar-refractivity contribution in [2.24, 2.45) is 0 Å². The summed E-state index contributed by atoms with van der Waals surface area (Å²) >= 11 is 5.04. The fourth-order valence-electron chi connectivity index (χ4n) is 2.49. The fourth-order valence-corrected chi connectivity index (χ4v) is 3.96. The molecule has 2 heterocycles. The predicted octanol–water partition coefficient (Wildman–Crippen LogP) is 3.96. The average Bonchev–Trinajstić information content (AvgIpc) is 3.11. The first-order chi connectivity index (χ1) is 10.1. The topological polar surface area (TPSA) is 41.1 Å². The summed E-state index contributed by atoms with van der Waals surface area (Å²) in [6.07, 6.45) is 0. The van der Waals surface area contributed by atoms with Gasteiger partial charge in [-0.2, -0.15) is 0 Å². The molecule has 0 bridgehead atoms. The van der Waals surface area contributed by atoms with Gasteiger partial charge in [-0.1, -0.05) is 18.2 Å². The molecule has 1 aromatic carbocycles. The van der Waals surface area contributed by atoms with Crippen LogP contribution in [0.25, 0.3) is 0 Å². The first kappa shape index (κ1) is 17.5. The molecule has 0 saturated heterocycles. The maximum absolute atomic E-state index is 12.2. The summed E-state index contributed by atoms with van der Waals surface area (Å²) < 4.78 is 1.06. The largest absolute Gasteiger partial charge is 0.351 e. The second-order valence-electron chi connectivity index (χ2n) is 5.29. The lowest BCUT2D eigenvalue weighted by Gasteiger charge is -2.11. The summed E-state index contributed by atoms with van der Waals surface area (Å²) in [5.74, 6) is -0.0413. The molecule has 0 aliphatic carbocycles. The average molecular weight is 402 g/mol. The zero-order valence-electron chi connectivity index (χ0n) is 12.2. The highest BCUT2D eigenvalue weighted by Crippen LogP contribution is 2.28. The van der Waals surface area contributed by atoms with Gasteiger partial charge in [-0.25, -0.2) is 0 Å². The van der Waals surface area contributed by atoms with Gasteiger partial charge in [0.05, 0.1) is 9.70 Å². The summed E-state index contributed by atoms with van der Waals surface area (Å²) in [6, 6.07) is 10.4. The number of hydrogen-bond acceptors (Lipinski definition) is 3. The van der Waals surface area contributed by atoms with Gasteiger partial charge in [0.1, 0.15) is 0 Å². The van der Waals surface area contributed by atoms with E-state index in [0.717, 1.165) is 27.3 Å². The maximum Gasteiger partial charge on any atom is 0.228 e. The third kappa shape index (κ3) is 3.90. The zero-order chi connectivity index (χ0) is 14.8. The Hall–Kier alpha value is -0.880. The summed E-state index contributed by atoms with van der Waals surface area (Å²) in [5.41, 5.74) is 3.87. The second kappa shape index (κ2) is 7.59. The lowest BCUT2D eigenvalue weighted by Crippen LogP contribution is -2.27. The Bertz CT molecular complexity index is 674. The molecular formula is C16H18BrClN2OS. The van der Waals surface area contributed by atoms with E-state index in [1.54, 1.807) is 11.3 Å². The molecule has 0 saturated carbocycles. The highest BCUT2D eigenvalue weighted by Gasteiger charge is 2.17. The molecule has 1 atom stereocenters. The number of benzene rings is 1. The van der Waals surface area contributed by atoms with Crippen molar-refractivity contribution in [1.29, 1.82) is 0 Å². The molecule has 1 aliphatic rings. The van der Waals surface area contributed by atoms with Crippen LogP contribution in [0.5, 0.6) is 0 Å². The van der Waals surface area contributed by atoms with Crippen molar-refractivity contribution in [1.82, 2.24) is 10.6 Å². The van der Waals surface area contributed by atoms with E-state index < -0.39 is 0 Å². The van der Waals surface area contributed by atoms with Gasteiger partial charge in [0.2, 0.25) is 5.91 Å². The van der Waals surface area contributed by atoms with Gasteiger partial charge in [0.25, 0.3) is 0 Å². The number of halogens is 2. The molecule has 1 aromatic heterocycles. The van der Waals surface area contributed by atoms with Gasteiger partial charge in [-0.05, 0) is 51.7 Å². The molecule has 1 unspecified atom stereocenters. The molecule has 0 radical (unpaired) electrons. The molecule has 1 aliphatic heterocycles. The SMILES string of the molecule is CC(C(=O)NCc1ccc2c(c1)CNC2)c1ccc(Br)s1.Cl. The normalized spacial score (nSPS) is 14.1. The standard InChI is InChI=1S/C16H17BrN2OS.ClH/c1-10(14-4-5-15(17)21-14)16(20)19-7-11-2-3-12-8-18-9-13(12)6-11;/h2-6,10,18H,7-9H2,1H3,(H,19,20);1H. The van der Waals surface area contributed by atoms with Crippen molar-refractivity contribution in [2.75, 3.05) is 0 Å². The Kier molecular flexibility index (Phi) is 6.03. The Morgan fingerprint density at radius 2 is 2.09 bits per heavy atom. The highest BCUT2D eigenvalue weighted by molar-refractivity contribution is 9.11. The van der Waals surface area contributed by atoms with Crippen LogP contribution in [0.2, 0.25) is 0 Å². The van der Waals surface area contributed by atoms with Gasteiger partial charge < -0.3 is 10.6 Å². The van der Waals surface area contributed by atoms with E-state index >= 15 is 0 Å². The number of hydrogen-bond donors (Lipinski definition) is 2. The number of carbonyl (C=O) groups excluding carboxylic acids is 1. The van der Waals surface area contributed by atoms with Crippen LogP contribution in [0.15, 0.2) is 34.1 Å². The summed E-state index contributed by atoms with van der Waals surface area (Å²) in [5, 5.41) is 6.36. The number of nitrogens with one attached hydrogen (secondary N) is 2. The smallest absolute Gasteiger partial charge is 0.228 e. The summed E-state index contributed by atoms with van der Waals surface area (Å²) in [4.78, 5) is 13.3. The molecule has 0 fully saturated rings. The van der Waals surface area contributed by atoms with E-state index in [4.69, 9.17) is 0 Å². The van der Waals surface area contributed by atoms with E-state index in [9.17, 15) is 4.79 Å².